The normalized spacial score (nSPS) is 16.8. The van der Waals surface area contributed by atoms with Gasteiger partial charge in [-0.15, -0.1) is 0 Å². The van der Waals surface area contributed by atoms with Crippen molar-refractivity contribution >= 4 is 11.0 Å². The molecule has 4 aromatic rings. The van der Waals surface area contributed by atoms with E-state index in [1.54, 1.807) is 6.20 Å². The maximum Gasteiger partial charge on any atom is 0.416 e. The molecule has 0 bridgehead atoms. The molecule has 2 N–H and O–H groups in total. The van der Waals surface area contributed by atoms with Crippen LogP contribution < -0.4 is 5.32 Å². The summed E-state index contributed by atoms with van der Waals surface area (Å²) in [7, 11) is 0. The van der Waals surface area contributed by atoms with Gasteiger partial charge in [-0.25, -0.2) is 4.98 Å². The van der Waals surface area contributed by atoms with Gasteiger partial charge in [0.1, 0.15) is 11.3 Å². The van der Waals surface area contributed by atoms with Crippen LogP contribution in [-0.2, 0) is 19.3 Å². The van der Waals surface area contributed by atoms with Gasteiger partial charge in [-0.2, -0.15) is 18.3 Å². The van der Waals surface area contributed by atoms with Gasteiger partial charge in [0.25, 0.3) is 0 Å². The minimum absolute atomic E-state index is 0.261. The summed E-state index contributed by atoms with van der Waals surface area (Å²) in [6, 6.07) is 7.44. The fourth-order valence-electron chi connectivity index (χ4n) is 4.15. The number of rotatable bonds is 2. The number of nitrogens with one attached hydrogen (secondary N) is 2. The highest BCUT2D eigenvalue weighted by Crippen LogP contribution is 2.40. The first-order valence-electron chi connectivity index (χ1n) is 9.76. The maximum atomic E-state index is 13.0. The molecule has 0 unspecified atom stereocenters. The molecule has 1 aliphatic rings. The molecule has 1 aliphatic heterocycles. The number of aromatic nitrogens is 4. The summed E-state index contributed by atoms with van der Waals surface area (Å²) < 4.78 is 41.1. The lowest BCUT2D eigenvalue weighted by molar-refractivity contribution is -0.137. The van der Waals surface area contributed by atoms with Crippen LogP contribution in [0, 0.1) is 6.92 Å². The lowest BCUT2D eigenvalue weighted by atomic mass is 9.95. The lowest BCUT2D eigenvalue weighted by Crippen LogP contribution is -2.36. The van der Waals surface area contributed by atoms with Crippen LogP contribution in [0.5, 0.6) is 0 Å². The van der Waals surface area contributed by atoms with E-state index in [9.17, 15) is 13.2 Å². The van der Waals surface area contributed by atoms with Gasteiger partial charge in [0.15, 0.2) is 0 Å². The topological polar surface area (TPSA) is 58.5 Å². The highest BCUT2D eigenvalue weighted by molar-refractivity contribution is 5.99. The van der Waals surface area contributed by atoms with E-state index in [4.69, 9.17) is 5.10 Å². The Labute approximate surface area is 170 Å². The highest BCUT2D eigenvalue weighted by Gasteiger charge is 2.31. The SMILES string of the molecule is Cc1c[nH]c2nccc(-c3c(-c4ccc(C(F)(F)F)cc4)nn4c3CN[C@H](C)C4)c12. The van der Waals surface area contributed by atoms with Crippen LogP contribution in [0.3, 0.4) is 0 Å². The number of hydrogen-bond acceptors (Lipinski definition) is 3. The van der Waals surface area contributed by atoms with Crippen LogP contribution in [0.1, 0.15) is 23.7 Å². The van der Waals surface area contributed by atoms with E-state index < -0.39 is 11.7 Å². The molecular weight excluding hydrogens is 391 g/mol. The molecule has 5 nitrogen and oxygen atoms in total. The number of aryl methyl sites for hydroxylation is 1. The van der Waals surface area contributed by atoms with E-state index >= 15 is 0 Å². The van der Waals surface area contributed by atoms with Crippen LogP contribution in [0.25, 0.3) is 33.4 Å². The van der Waals surface area contributed by atoms with Gasteiger partial charge in [-0.1, -0.05) is 12.1 Å². The molecule has 4 heterocycles. The van der Waals surface area contributed by atoms with Gasteiger partial charge in [-0.05, 0) is 43.2 Å². The van der Waals surface area contributed by atoms with Gasteiger partial charge in [-0.3, -0.25) is 4.68 Å². The smallest absolute Gasteiger partial charge is 0.346 e. The molecule has 0 amide bonds. The largest absolute Gasteiger partial charge is 0.416 e. The predicted octanol–water partition coefficient (Wildman–Crippen LogP) is 4.91. The Morgan fingerprint density at radius 3 is 2.63 bits per heavy atom. The quantitative estimate of drug-likeness (QED) is 0.493. The number of pyridine rings is 1. The first kappa shape index (κ1) is 18.9. The van der Waals surface area contributed by atoms with Crippen LogP contribution in [-0.4, -0.2) is 25.8 Å². The summed E-state index contributed by atoms with van der Waals surface area (Å²) in [5, 5.41) is 9.29. The van der Waals surface area contributed by atoms with Crippen molar-refractivity contribution in [2.24, 2.45) is 0 Å². The number of nitrogens with zero attached hydrogens (tertiary/aromatic N) is 3. The molecule has 3 aromatic heterocycles. The second-order valence-corrected chi connectivity index (χ2v) is 7.76. The molecule has 0 saturated carbocycles. The maximum absolute atomic E-state index is 13.0. The molecule has 0 saturated heterocycles. The Kier molecular flexibility index (Phi) is 4.21. The Bertz CT molecular complexity index is 1230. The molecule has 5 rings (SSSR count). The molecule has 1 atom stereocenters. The van der Waals surface area contributed by atoms with Crippen LogP contribution in [0.4, 0.5) is 13.2 Å². The second-order valence-electron chi connectivity index (χ2n) is 7.76. The number of benzene rings is 1. The van der Waals surface area contributed by atoms with Gasteiger partial charge in [0.2, 0.25) is 0 Å². The monoisotopic (exact) mass is 411 g/mol. The third kappa shape index (κ3) is 2.99. The number of halogens is 3. The fourth-order valence-corrected chi connectivity index (χ4v) is 4.15. The standard InChI is InChI=1S/C22H20F3N5/c1-12-9-28-21-18(12)16(7-8-26-21)19-17-10-27-13(2)11-30(17)29-20(19)14-3-5-15(6-4-14)22(23,24)25/h3-9,13,27H,10-11H2,1-2H3,(H,26,28)/t13-/m1/s1. The van der Waals surface area contributed by atoms with Crippen LogP contribution in [0.15, 0.2) is 42.7 Å². The van der Waals surface area contributed by atoms with E-state index in [0.29, 0.717) is 24.3 Å². The van der Waals surface area contributed by atoms with Crippen molar-refractivity contribution in [1.82, 2.24) is 25.1 Å². The zero-order chi connectivity index (χ0) is 21.0. The Morgan fingerprint density at radius 2 is 1.90 bits per heavy atom. The Balaban J connectivity index is 1.75. The summed E-state index contributed by atoms with van der Waals surface area (Å²) in [6.07, 6.45) is -0.712. The van der Waals surface area contributed by atoms with E-state index in [1.807, 2.05) is 23.9 Å². The molecule has 0 fully saturated rings. The minimum atomic E-state index is -4.37. The number of fused-ring (bicyclic) bond motifs is 2. The van der Waals surface area contributed by atoms with E-state index in [0.717, 1.165) is 45.6 Å². The van der Waals surface area contributed by atoms with Crippen molar-refractivity contribution in [2.45, 2.75) is 39.2 Å². The highest BCUT2D eigenvalue weighted by atomic mass is 19.4. The number of alkyl halides is 3. The van der Waals surface area contributed by atoms with Crippen molar-refractivity contribution in [3.8, 4) is 22.4 Å². The third-order valence-corrected chi connectivity index (χ3v) is 5.65. The van der Waals surface area contributed by atoms with Crippen molar-refractivity contribution in [3.63, 3.8) is 0 Å². The number of aromatic amines is 1. The molecular formula is C22H20F3N5. The van der Waals surface area contributed by atoms with Crippen LogP contribution >= 0.6 is 0 Å². The van der Waals surface area contributed by atoms with Crippen molar-refractivity contribution in [1.29, 1.82) is 0 Å². The molecule has 0 radical (unpaired) electrons. The van der Waals surface area contributed by atoms with Crippen molar-refractivity contribution in [3.05, 3.63) is 59.5 Å². The van der Waals surface area contributed by atoms with E-state index in [-0.39, 0.29) is 6.04 Å². The summed E-state index contributed by atoms with van der Waals surface area (Å²) in [5.41, 5.74) is 5.45. The summed E-state index contributed by atoms with van der Waals surface area (Å²) in [4.78, 5) is 7.60. The van der Waals surface area contributed by atoms with Gasteiger partial charge < -0.3 is 10.3 Å². The Morgan fingerprint density at radius 1 is 1.13 bits per heavy atom. The average molecular weight is 411 g/mol. The third-order valence-electron chi connectivity index (χ3n) is 5.65. The lowest BCUT2D eigenvalue weighted by Gasteiger charge is -2.22. The second kappa shape index (κ2) is 6.70. The van der Waals surface area contributed by atoms with Gasteiger partial charge in [0, 0.05) is 41.5 Å². The summed E-state index contributed by atoms with van der Waals surface area (Å²) >= 11 is 0. The van der Waals surface area contributed by atoms with Crippen molar-refractivity contribution in [2.75, 3.05) is 0 Å². The first-order chi connectivity index (χ1) is 14.3. The Hall–Kier alpha value is -3.13. The van der Waals surface area contributed by atoms with Gasteiger partial charge >= 0.3 is 6.18 Å². The fraction of sp³-hybridized carbons (Fsp3) is 0.273. The van der Waals surface area contributed by atoms with Gasteiger partial charge in [0.05, 0.1) is 17.8 Å². The summed E-state index contributed by atoms with van der Waals surface area (Å²) in [6.45, 7) is 5.43. The molecule has 0 aliphatic carbocycles. The van der Waals surface area contributed by atoms with Crippen LogP contribution in [0.2, 0.25) is 0 Å². The molecule has 154 valence electrons. The van der Waals surface area contributed by atoms with E-state index in [1.165, 1.54) is 12.1 Å². The zero-order valence-electron chi connectivity index (χ0n) is 16.5. The minimum Gasteiger partial charge on any atom is -0.346 e. The number of hydrogen-bond donors (Lipinski definition) is 2. The van der Waals surface area contributed by atoms with E-state index in [2.05, 4.69) is 22.2 Å². The average Bonchev–Trinajstić information content (AvgIpc) is 3.28. The molecule has 30 heavy (non-hydrogen) atoms. The molecule has 8 heteroatoms. The summed E-state index contributed by atoms with van der Waals surface area (Å²) in [5.74, 6) is 0. The molecule has 1 aromatic carbocycles. The predicted molar refractivity (Wildman–Crippen MR) is 109 cm³/mol. The zero-order valence-corrected chi connectivity index (χ0v) is 16.5. The molecule has 0 spiro atoms. The number of H-pyrrole nitrogens is 1. The van der Waals surface area contributed by atoms with Crippen molar-refractivity contribution < 1.29 is 13.2 Å². The first-order valence-corrected chi connectivity index (χ1v) is 9.76.